The number of hydrogen-bond donors (Lipinski definition) is 2. The van der Waals surface area contributed by atoms with Crippen LogP contribution in [-0.4, -0.2) is 20.6 Å². The summed E-state index contributed by atoms with van der Waals surface area (Å²) >= 11 is 1.42. The number of amidine groups is 1. The van der Waals surface area contributed by atoms with Crippen molar-refractivity contribution < 1.29 is 5.21 Å². The average molecular weight is 258 g/mol. The minimum atomic E-state index is 0.121. The molecule has 0 aliphatic carbocycles. The highest BCUT2D eigenvalue weighted by molar-refractivity contribution is 7.12. The number of benzene rings is 1. The fourth-order valence-corrected chi connectivity index (χ4v) is 2.58. The van der Waals surface area contributed by atoms with Gasteiger partial charge in [0.05, 0.1) is 21.6 Å². The lowest BCUT2D eigenvalue weighted by atomic mass is 10.3. The van der Waals surface area contributed by atoms with E-state index in [0.717, 1.165) is 21.6 Å². The predicted molar refractivity (Wildman–Crippen MR) is 71.5 cm³/mol. The summed E-state index contributed by atoms with van der Waals surface area (Å²) in [5, 5.41) is 13.6. The molecule has 0 aliphatic heterocycles. The quantitative estimate of drug-likeness (QED) is 0.320. The van der Waals surface area contributed by atoms with Gasteiger partial charge in [0.15, 0.2) is 5.84 Å². The van der Waals surface area contributed by atoms with Crippen LogP contribution in [0.15, 0.2) is 47.2 Å². The second-order valence-corrected chi connectivity index (χ2v) is 4.67. The van der Waals surface area contributed by atoms with Crippen LogP contribution in [0.4, 0.5) is 0 Å². The van der Waals surface area contributed by atoms with Crippen molar-refractivity contribution >= 4 is 28.2 Å². The molecule has 0 spiro atoms. The number of imidazole rings is 1. The third-order valence-electron chi connectivity index (χ3n) is 2.68. The second-order valence-electron chi connectivity index (χ2n) is 3.76. The maximum atomic E-state index is 8.65. The fraction of sp³-hybridized carbons (Fsp3) is 0. The van der Waals surface area contributed by atoms with Gasteiger partial charge in [-0.15, -0.1) is 11.3 Å². The minimum Gasteiger partial charge on any atom is -0.409 e. The largest absolute Gasteiger partial charge is 0.409 e. The van der Waals surface area contributed by atoms with E-state index >= 15 is 0 Å². The van der Waals surface area contributed by atoms with Gasteiger partial charge in [-0.05, 0) is 18.2 Å². The van der Waals surface area contributed by atoms with E-state index < -0.39 is 0 Å². The molecule has 0 fully saturated rings. The Bertz CT molecular complexity index is 728. The molecule has 5 nitrogen and oxygen atoms in total. The number of oxime groups is 1. The highest BCUT2D eigenvalue weighted by atomic mass is 32.1. The summed E-state index contributed by atoms with van der Waals surface area (Å²) in [6.07, 6.45) is 1.77. The minimum absolute atomic E-state index is 0.121. The lowest BCUT2D eigenvalue weighted by Gasteiger charge is -1.99. The summed E-state index contributed by atoms with van der Waals surface area (Å²) in [6.45, 7) is 0. The molecule has 3 N–H and O–H groups in total. The summed E-state index contributed by atoms with van der Waals surface area (Å²) in [5.41, 5.74) is 8.48. The van der Waals surface area contributed by atoms with E-state index in [2.05, 4.69) is 10.1 Å². The fourth-order valence-electron chi connectivity index (χ4n) is 1.80. The number of rotatable bonds is 2. The van der Waals surface area contributed by atoms with Crippen LogP contribution in [0.5, 0.6) is 0 Å². The van der Waals surface area contributed by atoms with Gasteiger partial charge in [-0.25, -0.2) is 4.98 Å². The van der Waals surface area contributed by atoms with E-state index in [1.54, 1.807) is 6.33 Å². The first-order valence-electron chi connectivity index (χ1n) is 5.28. The molecule has 3 rings (SSSR count). The van der Waals surface area contributed by atoms with Gasteiger partial charge >= 0.3 is 0 Å². The van der Waals surface area contributed by atoms with Crippen LogP contribution in [0.3, 0.4) is 0 Å². The number of thiophene rings is 1. The molecule has 0 bridgehead atoms. The van der Waals surface area contributed by atoms with Crippen LogP contribution in [-0.2, 0) is 0 Å². The van der Waals surface area contributed by atoms with Gasteiger partial charge in [-0.3, -0.25) is 4.57 Å². The molecule has 1 aromatic carbocycles. The van der Waals surface area contributed by atoms with Crippen molar-refractivity contribution in [2.75, 3.05) is 0 Å². The molecular formula is C12H10N4OS. The first-order valence-corrected chi connectivity index (χ1v) is 6.16. The molecule has 0 unspecified atom stereocenters. The topological polar surface area (TPSA) is 76.4 Å². The second kappa shape index (κ2) is 4.15. The Balaban J connectivity index is 2.12. The van der Waals surface area contributed by atoms with Gasteiger partial charge < -0.3 is 10.9 Å². The molecule has 6 heteroatoms. The monoisotopic (exact) mass is 258 g/mol. The molecule has 0 saturated carbocycles. The Labute approximate surface area is 107 Å². The van der Waals surface area contributed by atoms with E-state index in [-0.39, 0.29) is 5.84 Å². The number of para-hydroxylation sites is 2. The molecule has 2 heterocycles. The van der Waals surface area contributed by atoms with Crippen molar-refractivity contribution in [2.24, 2.45) is 10.9 Å². The highest BCUT2D eigenvalue weighted by Crippen LogP contribution is 2.22. The summed E-state index contributed by atoms with van der Waals surface area (Å²) in [6, 6.07) is 9.76. The van der Waals surface area contributed by atoms with Crippen molar-refractivity contribution in [3.8, 4) is 5.69 Å². The summed E-state index contributed by atoms with van der Waals surface area (Å²) in [7, 11) is 0. The Morgan fingerprint density at radius 1 is 1.39 bits per heavy atom. The smallest absolute Gasteiger partial charge is 0.180 e. The number of aromatic nitrogens is 2. The predicted octanol–water partition coefficient (Wildman–Crippen LogP) is 2.18. The van der Waals surface area contributed by atoms with Crippen LogP contribution >= 0.6 is 11.3 Å². The van der Waals surface area contributed by atoms with Crippen molar-refractivity contribution in [1.82, 2.24) is 9.55 Å². The van der Waals surface area contributed by atoms with E-state index in [9.17, 15) is 0 Å². The molecule has 0 radical (unpaired) electrons. The standard InChI is InChI=1S/C12H10N4OS/c13-12(15-17)11-5-8(6-18-11)16-7-14-9-3-1-2-4-10(9)16/h1-7,17H,(H2,13,15). The summed E-state index contributed by atoms with van der Waals surface area (Å²) in [4.78, 5) is 5.05. The maximum Gasteiger partial charge on any atom is 0.180 e. The van der Waals surface area contributed by atoms with Crippen molar-refractivity contribution in [2.45, 2.75) is 0 Å². The number of nitrogens with zero attached hydrogens (tertiary/aromatic N) is 3. The average Bonchev–Trinajstić information content (AvgIpc) is 3.03. The van der Waals surface area contributed by atoms with Gasteiger partial charge in [-0.2, -0.15) is 0 Å². The zero-order valence-electron chi connectivity index (χ0n) is 9.32. The Kier molecular flexibility index (Phi) is 2.49. The number of nitrogens with two attached hydrogens (primary N) is 1. The lowest BCUT2D eigenvalue weighted by molar-refractivity contribution is 0.319. The van der Waals surface area contributed by atoms with E-state index in [1.165, 1.54) is 11.3 Å². The first kappa shape index (κ1) is 10.8. The third-order valence-corrected chi connectivity index (χ3v) is 3.62. The molecule has 0 aliphatic rings. The number of fused-ring (bicyclic) bond motifs is 1. The Hall–Kier alpha value is -2.34. The van der Waals surface area contributed by atoms with E-state index in [1.807, 2.05) is 40.3 Å². The van der Waals surface area contributed by atoms with Gasteiger partial charge in [0.2, 0.25) is 0 Å². The van der Waals surface area contributed by atoms with Crippen molar-refractivity contribution in [3.05, 3.63) is 46.9 Å². The Morgan fingerprint density at radius 3 is 3.06 bits per heavy atom. The van der Waals surface area contributed by atoms with E-state index in [0.29, 0.717) is 0 Å². The maximum absolute atomic E-state index is 8.65. The molecule has 3 aromatic rings. The van der Waals surface area contributed by atoms with Crippen molar-refractivity contribution in [1.29, 1.82) is 0 Å². The SMILES string of the molecule is N/C(=N\O)c1cc(-n2cnc3ccccc32)cs1. The Morgan fingerprint density at radius 2 is 2.22 bits per heavy atom. The highest BCUT2D eigenvalue weighted by Gasteiger charge is 2.08. The summed E-state index contributed by atoms with van der Waals surface area (Å²) < 4.78 is 1.97. The zero-order chi connectivity index (χ0) is 12.5. The van der Waals surface area contributed by atoms with Crippen LogP contribution in [0.2, 0.25) is 0 Å². The molecule has 0 atom stereocenters. The molecule has 0 amide bonds. The van der Waals surface area contributed by atoms with Crippen LogP contribution < -0.4 is 5.73 Å². The van der Waals surface area contributed by atoms with Crippen molar-refractivity contribution in [3.63, 3.8) is 0 Å². The van der Waals surface area contributed by atoms with Gasteiger partial charge in [0, 0.05) is 5.38 Å². The zero-order valence-corrected chi connectivity index (χ0v) is 10.1. The van der Waals surface area contributed by atoms with Gasteiger partial charge in [0.25, 0.3) is 0 Å². The third kappa shape index (κ3) is 1.63. The van der Waals surface area contributed by atoms with Gasteiger partial charge in [-0.1, -0.05) is 17.3 Å². The molecule has 0 saturated heterocycles. The van der Waals surface area contributed by atoms with Crippen LogP contribution in [0.1, 0.15) is 4.88 Å². The van der Waals surface area contributed by atoms with Crippen LogP contribution in [0.25, 0.3) is 16.7 Å². The molecule has 18 heavy (non-hydrogen) atoms. The summed E-state index contributed by atoms with van der Waals surface area (Å²) in [5.74, 6) is 0.121. The molecule has 90 valence electrons. The van der Waals surface area contributed by atoms with Gasteiger partial charge in [0.1, 0.15) is 6.33 Å². The lowest BCUT2D eigenvalue weighted by Crippen LogP contribution is -2.10. The van der Waals surface area contributed by atoms with Crippen LogP contribution in [0, 0.1) is 0 Å². The molecule has 2 aromatic heterocycles. The first-order chi connectivity index (χ1) is 8.79. The van der Waals surface area contributed by atoms with E-state index in [4.69, 9.17) is 10.9 Å². The normalized spacial score (nSPS) is 12.1. The number of hydrogen-bond acceptors (Lipinski definition) is 4. The molecular weight excluding hydrogens is 248 g/mol.